The van der Waals surface area contributed by atoms with Gasteiger partial charge in [-0.25, -0.2) is 4.99 Å². The van der Waals surface area contributed by atoms with Crippen LogP contribution in [0, 0.1) is 11.3 Å². The Balaban J connectivity index is 2.50. The highest BCUT2D eigenvalue weighted by atomic mass is 15.2. The summed E-state index contributed by atoms with van der Waals surface area (Å²) in [6, 6.07) is 19.6. The van der Waals surface area contributed by atoms with Gasteiger partial charge >= 0.3 is 0 Å². The van der Waals surface area contributed by atoms with Crippen molar-refractivity contribution in [3.63, 3.8) is 0 Å². The van der Waals surface area contributed by atoms with E-state index in [4.69, 9.17) is 5.41 Å². The summed E-state index contributed by atoms with van der Waals surface area (Å²) in [6.07, 6.45) is 7.70. The second-order valence-corrected chi connectivity index (χ2v) is 6.44. The van der Waals surface area contributed by atoms with E-state index >= 15 is 0 Å². The average molecular weight is 358 g/mol. The lowest BCUT2D eigenvalue weighted by molar-refractivity contribution is 0.528. The molecule has 0 aromatic heterocycles. The standard InChI is InChI=1S/C24H27N3/c1-5-6-9-18-22(19(2)3)27(4)24(21-16-12-8-13-17-21)26-23(25)20-14-10-7-11-15-20/h5-19,25H,1H2,2-4H3/b9-6-,22-18+,25-23?,26-24-. The quantitative estimate of drug-likeness (QED) is 0.404. The van der Waals surface area contributed by atoms with Gasteiger partial charge in [0.2, 0.25) is 0 Å². The van der Waals surface area contributed by atoms with Gasteiger partial charge in [-0.2, -0.15) is 0 Å². The maximum Gasteiger partial charge on any atom is 0.154 e. The molecule has 3 nitrogen and oxygen atoms in total. The van der Waals surface area contributed by atoms with Gasteiger partial charge in [-0.1, -0.05) is 99.3 Å². The smallest absolute Gasteiger partial charge is 0.154 e. The first kappa shape index (κ1) is 20.1. The van der Waals surface area contributed by atoms with E-state index in [1.165, 1.54) is 0 Å². The molecule has 3 heteroatoms. The molecule has 0 unspecified atom stereocenters. The summed E-state index contributed by atoms with van der Waals surface area (Å²) in [4.78, 5) is 6.75. The highest BCUT2D eigenvalue weighted by molar-refractivity contribution is 6.10. The fraction of sp³-hybridized carbons (Fsp3) is 0.167. The predicted octanol–water partition coefficient (Wildman–Crippen LogP) is 5.67. The van der Waals surface area contributed by atoms with E-state index in [1.54, 1.807) is 6.08 Å². The Hall–Kier alpha value is -3.20. The molecule has 0 saturated carbocycles. The first-order valence-corrected chi connectivity index (χ1v) is 9.05. The van der Waals surface area contributed by atoms with Gasteiger partial charge in [-0.3, -0.25) is 5.41 Å². The summed E-state index contributed by atoms with van der Waals surface area (Å²) in [6.45, 7) is 8.02. The Kier molecular flexibility index (Phi) is 7.50. The van der Waals surface area contributed by atoms with Gasteiger partial charge in [0, 0.05) is 23.9 Å². The number of allylic oxidation sites excluding steroid dienone is 5. The number of benzene rings is 2. The summed E-state index contributed by atoms with van der Waals surface area (Å²) >= 11 is 0. The van der Waals surface area contributed by atoms with Gasteiger partial charge < -0.3 is 4.90 Å². The summed E-state index contributed by atoms with van der Waals surface area (Å²) in [7, 11) is 2.00. The van der Waals surface area contributed by atoms with Crippen molar-refractivity contribution in [1.82, 2.24) is 4.90 Å². The normalized spacial score (nSPS) is 12.4. The largest absolute Gasteiger partial charge is 0.332 e. The van der Waals surface area contributed by atoms with Crippen LogP contribution in [0.15, 0.2) is 102 Å². The lowest BCUT2D eigenvalue weighted by Gasteiger charge is -2.27. The Bertz CT molecular complexity index is 844. The SMILES string of the molecule is C=C/C=C\C=C(/C(C)C)N(C)/C(=N\C(=N)c1ccccc1)c1ccccc1. The Labute approximate surface area is 162 Å². The molecule has 0 spiro atoms. The summed E-state index contributed by atoms with van der Waals surface area (Å²) in [5, 5.41) is 8.46. The number of nitrogens with one attached hydrogen (secondary N) is 1. The van der Waals surface area contributed by atoms with Crippen LogP contribution in [0.1, 0.15) is 25.0 Å². The fourth-order valence-corrected chi connectivity index (χ4v) is 2.73. The third-order valence-electron chi connectivity index (χ3n) is 4.11. The minimum atomic E-state index is 0.242. The van der Waals surface area contributed by atoms with Gasteiger partial charge in [0.05, 0.1) is 0 Å². The molecule has 27 heavy (non-hydrogen) atoms. The molecule has 0 bridgehead atoms. The van der Waals surface area contributed by atoms with Gasteiger partial charge in [-0.05, 0) is 12.0 Å². The van der Waals surface area contributed by atoms with Gasteiger partial charge in [0.25, 0.3) is 0 Å². The number of hydrogen-bond acceptors (Lipinski definition) is 1. The lowest BCUT2D eigenvalue weighted by Crippen LogP contribution is -2.30. The Morgan fingerprint density at radius 2 is 1.52 bits per heavy atom. The van der Waals surface area contributed by atoms with Crippen molar-refractivity contribution in [3.05, 3.63) is 108 Å². The summed E-state index contributed by atoms with van der Waals surface area (Å²) in [5.74, 6) is 1.28. The molecule has 0 amide bonds. The second-order valence-electron chi connectivity index (χ2n) is 6.44. The van der Waals surface area contributed by atoms with Crippen LogP contribution >= 0.6 is 0 Å². The maximum absolute atomic E-state index is 8.46. The van der Waals surface area contributed by atoms with Crippen molar-refractivity contribution < 1.29 is 0 Å². The van der Waals surface area contributed by atoms with Gasteiger partial charge in [-0.15, -0.1) is 0 Å². The highest BCUT2D eigenvalue weighted by Crippen LogP contribution is 2.18. The van der Waals surface area contributed by atoms with Crippen LogP contribution in [0.5, 0.6) is 0 Å². The monoisotopic (exact) mass is 357 g/mol. The highest BCUT2D eigenvalue weighted by Gasteiger charge is 2.17. The molecule has 138 valence electrons. The lowest BCUT2D eigenvalue weighted by atomic mass is 10.1. The molecule has 2 rings (SSSR count). The first-order chi connectivity index (χ1) is 13.0. The molecule has 0 saturated heterocycles. The van der Waals surface area contributed by atoms with Crippen LogP contribution in [-0.2, 0) is 0 Å². The van der Waals surface area contributed by atoms with Gasteiger partial charge in [0.15, 0.2) is 5.84 Å². The van der Waals surface area contributed by atoms with E-state index in [0.29, 0.717) is 5.92 Å². The van der Waals surface area contributed by atoms with Crippen molar-refractivity contribution in [1.29, 1.82) is 5.41 Å². The predicted molar refractivity (Wildman–Crippen MR) is 116 cm³/mol. The topological polar surface area (TPSA) is 39.5 Å². The zero-order chi connectivity index (χ0) is 19.6. The molecule has 0 atom stereocenters. The zero-order valence-corrected chi connectivity index (χ0v) is 16.3. The maximum atomic E-state index is 8.46. The van der Waals surface area contributed by atoms with Crippen molar-refractivity contribution >= 4 is 11.7 Å². The van der Waals surface area contributed by atoms with Gasteiger partial charge in [0.1, 0.15) is 5.84 Å². The first-order valence-electron chi connectivity index (χ1n) is 9.05. The van der Waals surface area contributed by atoms with E-state index < -0.39 is 0 Å². The van der Waals surface area contributed by atoms with Crippen LogP contribution in [0.4, 0.5) is 0 Å². The fourth-order valence-electron chi connectivity index (χ4n) is 2.73. The molecule has 2 aromatic carbocycles. The van der Waals surface area contributed by atoms with Crippen LogP contribution in [0.3, 0.4) is 0 Å². The molecular weight excluding hydrogens is 330 g/mol. The van der Waals surface area contributed by atoms with E-state index in [0.717, 1.165) is 22.7 Å². The average Bonchev–Trinajstić information content (AvgIpc) is 2.70. The second kappa shape index (κ2) is 10.1. The van der Waals surface area contributed by atoms with Crippen molar-refractivity contribution in [2.75, 3.05) is 7.05 Å². The number of nitrogens with zero attached hydrogens (tertiary/aromatic N) is 2. The third-order valence-corrected chi connectivity index (χ3v) is 4.11. The zero-order valence-electron chi connectivity index (χ0n) is 16.3. The van der Waals surface area contributed by atoms with Crippen molar-refractivity contribution in [2.24, 2.45) is 10.9 Å². The Morgan fingerprint density at radius 3 is 2.04 bits per heavy atom. The molecule has 0 aliphatic heterocycles. The minimum Gasteiger partial charge on any atom is -0.332 e. The van der Waals surface area contributed by atoms with E-state index in [-0.39, 0.29) is 5.84 Å². The summed E-state index contributed by atoms with van der Waals surface area (Å²) in [5.41, 5.74) is 2.87. The van der Waals surface area contributed by atoms with E-state index in [9.17, 15) is 0 Å². The minimum absolute atomic E-state index is 0.242. The number of hydrogen-bond donors (Lipinski definition) is 1. The third kappa shape index (κ3) is 5.65. The van der Waals surface area contributed by atoms with Crippen LogP contribution in [0.25, 0.3) is 0 Å². The van der Waals surface area contributed by atoms with Crippen molar-refractivity contribution in [2.45, 2.75) is 13.8 Å². The molecule has 0 aliphatic carbocycles. The Morgan fingerprint density at radius 1 is 0.963 bits per heavy atom. The van der Waals surface area contributed by atoms with Crippen LogP contribution in [0.2, 0.25) is 0 Å². The van der Waals surface area contributed by atoms with Crippen molar-refractivity contribution in [3.8, 4) is 0 Å². The number of rotatable bonds is 6. The van der Waals surface area contributed by atoms with E-state index in [2.05, 4.69) is 36.4 Å². The van der Waals surface area contributed by atoms with E-state index in [1.807, 2.05) is 79.9 Å². The van der Waals surface area contributed by atoms with Crippen LogP contribution in [-0.4, -0.2) is 23.6 Å². The molecule has 0 aliphatic rings. The summed E-state index contributed by atoms with van der Waals surface area (Å²) < 4.78 is 0. The molecular formula is C24H27N3. The number of amidine groups is 2. The molecule has 0 heterocycles. The molecule has 0 fully saturated rings. The molecule has 1 N–H and O–H groups in total. The molecule has 2 aromatic rings. The molecule has 0 radical (unpaired) electrons. The van der Waals surface area contributed by atoms with Crippen LogP contribution < -0.4 is 0 Å². The number of aliphatic imine (C=N–C) groups is 1.